The lowest BCUT2D eigenvalue weighted by Gasteiger charge is -2.17. The molecule has 1 N–H and O–H groups in total. The van der Waals surface area contributed by atoms with Gasteiger partial charge in [0.05, 0.1) is 13.1 Å². The van der Waals surface area contributed by atoms with E-state index in [0.29, 0.717) is 31.3 Å². The number of nitrogens with one attached hydrogen (secondary N) is 1. The predicted molar refractivity (Wildman–Crippen MR) is 63.2 cm³/mol. The van der Waals surface area contributed by atoms with E-state index in [1.807, 2.05) is 11.8 Å². The van der Waals surface area contributed by atoms with E-state index in [1.54, 1.807) is 13.0 Å². The zero-order valence-electron chi connectivity index (χ0n) is 10.3. The fraction of sp³-hybridized carbons (Fsp3) is 0.545. The maximum Gasteiger partial charge on any atom is 0.234 e. The van der Waals surface area contributed by atoms with Gasteiger partial charge >= 0.3 is 0 Å². The summed E-state index contributed by atoms with van der Waals surface area (Å²) in [7, 11) is 0. The molecule has 0 aromatic carbocycles. The second-order valence-electron chi connectivity index (χ2n) is 3.63. The van der Waals surface area contributed by atoms with Crippen LogP contribution in [0.3, 0.4) is 0 Å². The minimum atomic E-state index is -0.0352. The molecule has 0 bridgehead atoms. The fourth-order valence-corrected chi connectivity index (χ4v) is 1.33. The third kappa shape index (κ3) is 4.78. The van der Waals surface area contributed by atoms with Crippen molar-refractivity contribution < 1.29 is 9.32 Å². The van der Waals surface area contributed by atoms with Gasteiger partial charge in [0.25, 0.3) is 0 Å². The van der Waals surface area contributed by atoms with Crippen molar-refractivity contribution in [3.8, 4) is 0 Å². The van der Waals surface area contributed by atoms with E-state index in [9.17, 15) is 4.79 Å². The van der Waals surface area contributed by atoms with E-state index in [0.717, 1.165) is 6.54 Å². The van der Waals surface area contributed by atoms with Gasteiger partial charge in [-0.1, -0.05) is 18.2 Å². The molecular formula is C11H18N4O2. The van der Waals surface area contributed by atoms with Crippen LogP contribution in [0.15, 0.2) is 17.2 Å². The summed E-state index contributed by atoms with van der Waals surface area (Å²) in [5, 5.41) is 6.52. The number of likely N-dealkylation sites (N-methyl/N-ethyl adjacent to an activating group) is 1. The number of rotatable bonds is 7. The monoisotopic (exact) mass is 238 g/mol. The highest BCUT2D eigenvalue weighted by Crippen LogP contribution is 2.00. The van der Waals surface area contributed by atoms with Gasteiger partial charge in [-0.3, -0.25) is 9.69 Å². The van der Waals surface area contributed by atoms with Gasteiger partial charge in [-0.05, 0) is 6.54 Å². The van der Waals surface area contributed by atoms with Crippen LogP contribution >= 0.6 is 0 Å². The molecule has 0 fully saturated rings. The topological polar surface area (TPSA) is 71.3 Å². The number of aryl methyl sites for hydroxylation is 1. The Balaban J connectivity index is 2.43. The summed E-state index contributed by atoms with van der Waals surface area (Å²) < 4.78 is 4.88. The van der Waals surface area contributed by atoms with Crippen molar-refractivity contribution in [2.45, 2.75) is 20.4 Å². The molecule has 0 aliphatic heterocycles. The quantitative estimate of drug-likeness (QED) is 0.700. The largest absolute Gasteiger partial charge is 0.352 e. The van der Waals surface area contributed by atoms with Crippen molar-refractivity contribution in [2.75, 3.05) is 19.6 Å². The third-order valence-corrected chi connectivity index (χ3v) is 2.19. The molecule has 6 nitrogen and oxygen atoms in total. The molecule has 0 saturated carbocycles. The number of nitrogens with zero attached hydrogens (tertiary/aromatic N) is 3. The van der Waals surface area contributed by atoms with E-state index in [-0.39, 0.29) is 5.91 Å². The molecule has 0 atom stereocenters. The Kier molecular flexibility index (Phi) is 5.35. The summed E-state index contributed by atoms with van der Waals surface area (Å²) in [5.41, 5.74) is 0. The molecule has 0 aliphatic carbocycles. The average Bonchev–Trinajstić information content (AvgIpc) is 2.71. The molecular weight excluding hydrogens is 220 g/mol. The van der Waals surface area contributed by atoms with E-state index < -0.39 is 0 Å². The standard InChI is InChI=1S/C11H18N4O2/c1-4-6-12-11(16)8-15(5-2)7-10-13-9(3)17-14-10/h4H,1,5-8H2,2-3H3,(H,12,16). The number of amides is 1. The lowest BCUT2D eigenvalue weighted by molar-refractivity contribution is -0.122. The van der Waals surface area contributed by atoms with Gasteiger partial charge in [0.2, 0.25) is 11.8 Å². The molecule has 1 aromatic rings. The van der Waals surface area contributed by atoms with Crippen LogP contribution in [0.4, 0.5) is 0 Å². The predicted octanol–water partition coefficient (Wildman–Crippen LogP) is 0.502. The van der Waals surface area contributed by atoms with Crippen molar-refractivity contribution in [3.05, 3.63) is 24.4 Å². The van der Waals surface area contributed by atoms with Crippen LogP contribution in [0.1, 0.15) is 18.6 Å². The minimum absolute atomic E-state index is 0.0352. The molecule has 0 aliphatic rings. The summed E-state index contributed by atoms with van der Waals surface area (Å²) in [6.45, 7) is 9.32. The molecule has 1 rings (SSSR count). The lowest BCUT2D eigenvalue weighted by Crippen LogP contribution is -2.37. The van der Waals surface area contributed by atoms with Crippen LogP contribution in [0.2, 0.25) is 0 Å². The fourth-order valence-electron chi connectivity index (χ4n) is 1.33. The van der Waals surface area contributed by atoms with E-state index in [2.05, 4.69) is 22.0 Å². The van der Waals surface area contributed by atoms with Crippen LogP contribution in [-0.2, 0) is 11.3 Å². The molecule has 0 spiro atoms. The summed E-state index contributed by atoms with van der Waals surface area (Å²) in [6, 6.07) is 0. The van der Waals surface area contributed by atoms with E-state index >= 15 is 0 Å². The first-order valence-corrected chi connectivity index (χ1v) is 5.54. The molecule has 0 saturated heterocycles. The number of hydrogen-bond donors (Lipinski definition) is 1. The first kappa shape index (κ1) is 13.4. The number of carbonyl (C=O) groups excluding carboxylic acids is 1. The Labute approximate surface area is 101 Å². The van der Waals surface area contributed by atoms with Crippen LogP contribution in [0, 0.1) is 6.92 Å². The number of hydrogen-bond acceptors (Lipinski definition) is 5. The van der Waals surface area contributed by atoms with Gasteiger partial charge in [-0.2, -0.15) is 4.98 Å². The van der Waals surface area contributed by atoms with Crippen molar-refractivity contribution >= 4 is 5.91 Å². The smallest absolute Gasteiger partial charge is 0.234 e. The Morgan fingerprint density at radius 2 is 2.41 bits per heavy atom. The van der Waals surface area contributed by atoms with Crippen molar-refractivity contribution in [1.29, 1.82) is 0 Å². The molecule has 17 heavy (non-hydrogen) atoms. The Morgan fingerprint density at radius 3 is 2.94 bits per heavy atom. The Morgan fingerprint density at radius 1 is 1.65 bits per heavy atom. The Hall–Kier alpha value is -1.69. The van der Waals surface area contributed by atoms with Crippen LogP contribution < -0.4 is 5.32 Å². The van der Waals surface area contributed by atoms with Gasteiger partial charge in [-0.15, -0.1) is 6.58 Å². The first-order valence-electron chi connectivity index (χ1n) is 5.54. The van der Waals surface area contributed by atoms with Gasteiger partial charge < -0.3 is 9.84 Å². The van der Waals surface area contributed by atoms with Gasteiger partial charge in [0.1, 0.15) is 0 Å². The highest BCUT2D eigenvalue weighted by Gasteiger charge is 2.12. The average molecular weight is 238 g/mol. The summed E-state index contributed by atoms with van der Waals surface area (Å²) in [6.07, 6.45) is 1.65. The maximum atomic E-state index is 11.5. The molecule has 94 valence electrons. The highest BCUT2D eigenvalue weighted by molar-refractivity contribution is 5.78. The molecule has 1 amide bonds. The van der Waals surface area contributed by atoms with Crippen LogP contribution in [-0.4, -0.2) is 40.6 Å². The molecule has 0 radical (unpaired) electrons. The summed E-state index contributed by atoms with van der Waals surface area (Å²) >= 11 is 0. The normalized spacial score (nSPS) is 10.5. The molecule has 1 heterocycles. The third-order valence-electron chi connectivity index (χ3n) is 2.19. The van der Waals surface area contributed by atoms with Crippen LogP contribution in [0.25, 0.3) is 0 Å². The van der Waals surface area contributed by atoms with Gasteiger partial charge in [0, 0.05) is 13.5 Å². The van der Waals surface area contributed by atoms with E-state index in [1.165, 1.54) is 0 Å². The van der Waals surface area contributed by atoms with Crippen molar-refractivity contribution in [1.82, 2.24) is 20.4 Å². The summed E-state index contributed by atoms with van der Waals surface area (Å²) in [4.78, 5) is 17.5. The number of carbonyl (C=O) groups is 1. The highest BCUT2D eigenvalue weighted by atomic mass is 16.5. The lowest BCUT2D eigenvalue weighted by atomic mass is 10.4. The SMILES string of the molecule is C=CCNC(=O)CN(CC)Cc1noc(C)n1. The molecule has 1 aromatic heterocycles. The first-order chi connectivity index (χ1) is 8.15. The Bertz CT molecular complexity index is 375. The van der Waals surface area contributed by atoms with Crippen molar-refractivity contribution in [3.63, 3.8) is 0 Å². The minimum Gasteiger partial charge on any atom is -0.352 e. The summed E-state index contributed by atoms with van der Waals surface area (Å²) in [5.74, 6) is 1.10. The second kappa shape index (κ2) is 6.80. The zero-order valence-corrected chi connectivity index (χ0v) is 10.3. The van der Waals surface area contributed by atoms with Crippen LogP contribution in [0.5, 0.6) is 0 Å². The number of aromatic nitrogens is 2. The second-order valence-corrected chi connectivity index (χ2v) is 3.63. The maximum absolute atomic E-state index is 11.5. The van der Waals surface area contributed by atoms with E-state index in [4.69, 9.17) is 4.52 Å². The zero-order chi connectivity index (χ0) is 12.7. The van der Waals surface area contributed by atoms with Crippen molar-refractivity contribution in [2.24, 2.45) is 0 Å². The van der Waals surface area contributed by atoms with Gasteiger partial charge in [0.15, 0.2) is 5.82 Å². The molecule has 6 heteroatoms. The molecule has 0 unspecified atom stereocenters. The van der Waals surface area contributed by atoms with Gasteiger partial charge in [-0.25, -0.2) is 0 Å².